The van der Waals surface area contributed by atoms with Crippen molar-refractivity contribution in [3.63, 3.8) is 0 Å². The van der Waals surface area contributed by atoms with Crippen LogP contribution < -0.4 is 4.74 Å². The summed E-state index contributed by atoms with van der Waals surface area (Å²) in [6.45, 7) is 0.708. The zero-order valence-electron chi connectivity index (χ0n) is 13.4. The van der Waals surface area contributed by atoms with Crippen LogP contribution in [-0.4, -0.2) is 40.7 Å². The van der Waals surface area contributed by atoms with E-state index in [1.165, 1.54) is 0 Å². The van der Waals surface area contributed by atoms with Crippen LogP contribution >= 0.6 is 11.6 Å². The summed E-state index contributed by atoms with van der Waals surface area (Å²) in [7, 11) is 1.61. The van der Waals surface area contributed by atoms with E-state index in [1.54, 1.807) is 25.6 Å². The number of halogens is 1. The van der Waals surface area contributed by atoms with Gasteiger partial charge in [0.15, 0.2) is 0 Å². The number of carbonyl (C=O) groups is 1. The predicted octanol–water partition coefficient (Wildman–Crippen LogP) is 3.38. The fourth-order valence-corrected chi connectivity index (χ4v) is 3.56. The molecule has 0 bridgehead atoms. The van der Waals surface area contributed by atoms with Gasteiger partial charge in [0.05, 0.1) is 13.2 Å². The van der Waals surface area contributed by atoms with Gasteiger partial charge in [-0.1, -0.05) is 11.6 Å². The summed E-state index contributed by atoms with van der Waals surface area (Å²) >= 11 is 6.21. The minimum absolute atomic E-state index is 0.245. The highest BCUT2D eigenvalue weighted by molar-refractivity contribution is 6.30. The Hall–Kier alpha value is -2.11. The quantitative estimate of drug-likeness (QED) is 0.899. The van der Waals surface area contributed by atoms with E-state index in [-0.39, 0.29) is 6.04 Å². The van der Waals surface area contributed by atoms with Gasteiger partial charge < -0.3 is 9.84 Å². The van der Waals surface area contributed by atoms with Crippen molar-refractivity contribution in [2.45, 2.75) is 24.9 Å². The van der Waals surface area contributed by atoms with E-state index in [4.69, 9.17) is 16.3 Å². The standard InChI is InChI=1S/C18H19ClN2O3/c1-24-16-5-4-13(19)11-14(16)17(12-6-8-20-9-7-12)21-10-2-3-15(21)18(22)23/h4-9,11,15,17H,2-3,10H2,1H3,(H,22,23). The van der Waals surface area contributed by atoms with E-state index in [1.807, 2.05) is 29.2 Å². The highest BCUT2D eigenvalue weighted by Gasteiger charge is 2.37. The third-order valence-corrected chi connectivity index (χ3v) is 4.65. The Morgan fingerprint density at radius 1 is 1.38 bits per heavy atom. The van der Waals surface area contributed by atoms with Crippen LogP contribution in [0, 0.1) is 0 Å². The summed E-state index contributed by atoms with van der Waals surface area (Å²) in [4.78, 5) is 17.8. The fraction of sp³-hybridized carbons (Fsp3) is 0.333. The van der Waals surface area contributed by atoms with Gasteiger partial charge >= 0.3 is 5.97 Å². The lowest BCUT2D eigenvalue weighted by Crippen LogP contribution is -2.39. The average Bonchev–Trinajstić information content (AvgIpc) is 3.06. The molecule has 0 aliphatic carbocycles. The lowest BCUT2D eigenvalue weighted by Gasteiger charge is -2.32. The molecule has 0 saturated carbocycles. The summed E-state index contributed by atoms with van der Waals surface area (Å²) in [6.07, 6.45) is 4.91. The first-order valence-corrected chi connectivity index (χ1v) is 8.21. The topological polar surface area (TPSA) is 62.7 Å². The van der Waals surface area contributed by atoms with Crippen molar-refractivity contribution >= 4 is 17.6 Å². The number of ether oxygens (including phenoxy) is 1. The molecular weight excluding hydrogens is 328 g/mol. The minimum Gasteiger partial charge on any atom is -0.496 e. The van der Waals surface area contributed by atoms with Crippen LogP contribution in [0.5, 0.6) is 5.75 Å². The van der Waals surface area contributed by atoms with Crippen molar-refractivity contribution in [2.24, 2.45) is 0 Å². The number of pyridine rings is 1. The average molecular weight is 347 g/mol. The molecule has 2 unspecified atom stereocenters. The Bertz CT molecular complexity index is 723. The number of likely N-dealkylation sites (tertiary alicyclic amines) is 1. The monoisotopic (exact) mass is 346 g/mol. The lowest BCUT2D eigenvalue weighted by molar-refractivity contribution is -0.142. The fourth-order valence-electron chi connectivity index (χ4n) is 3.38. The maximum absolute atomic E-state index is 11.7. The molecule has 2 heterocycles. The van der Waals surface area contributed by atoms with Crippen LogP contribution in [0.3, 0.4) is 0 Å². The summed E-state index contributed by atoms with van der Waals surface area (Å²) in [5.74, 6) is -0.107. The Morgan fingerprint density at radius 2 is 2.12 bits per heavy atom. The van der Waals surface area contributed by atoms with Gasteiger partial charge in [-0.05, 0) is 48.7 Å². The van der Waals surface area contributed by atoms with Crippen LogP contribution in [0.4, 0.5) is 0 Å². The van der Waals surface area contributed by atoms with Crippen molar-refractivity contribution in [1.82, 2.24) is 9.88 Å². The third kappa shape index (κ3) is 3.23. The highest BCUT2D eigenvalue weighted by atomic mass is 35.5. The SMILES string of the molecule is COc1ccc(Cl)cc1C(c1ccncc1)N1CCCC1C(=O)O. The Morgan fingerprint density at radius 3 is 2.79 bits per heavy atom. The molecule has 0 spiro atoms. The Labute approximate surface area is 145 Å². The first-order chi connectivity index (χ1) is 11.6. The number of hydrogen-bond acceptors (Lipinski definition) is 4. The first-order valence-electron chi connectivity index (χ1n) is 7.83. The van der Waals surface area contributed by atoms with Crippen LogP contribution in [0.2, 0.25) is 5.02 Å². The summed E-state index contributed by atoms with van der Waals surface area (Å²) in [5, 5.41) is 10.2. The maximum Gasteiger partial charge on any atom is 0.320 e. The Kier molecular flexibility index (Phi) is 5.02. The molecule has 1 aliphatic rings. The van der Waals surface area contributed by atoms with Gasteiger partial charge in [0.2, 0.25) is 0 Å². The van der Waals surface area contributed by atoms with Gasteiger partial charge in [0, 0.05) is 29.5 Å². The minimum atomic E-state index is -0.799. The molecule has 5 nitrogen and oxygen atoms in total. The molecule has 1 aliphatic heterocycles. The zero-order chi connectivity index (χ0) is 17.1. The van der Waals surface area contributed by atoms with E-state index < -0.39 is 12.0 Å². The third-order valence-electron chi connectivity index (χ3n) is 4.42. The number of nitrogens with zero attached hydrogens (tertiary/aromatic N) is 2. The lowest BCUT2D eigenvalue weighted by atomic mass is 9.96. The van der Waals surface area contributed by atoms with Gasteiger partial charge in [0.25, 0.3) is 0 Å². The van der Waals surface area contributed by atoms with Gasteiger partial charge in [-0.15, -0.1) is 0 Å². The second-order valence-corrected chi connectivity index (χ2v) is 6.24. The van der Waals surface area contributed by atoms with E-state index in [2.05, 4.69) is 4.98 Å². The van der Waals surface area contributed by atoms with Crippen molar-refractivity contribution in [2.75, 3.05) is 13.7 Å². The van der Waals surface area contributed by atoms with Crippen molar-refractivity contribution in [3.8, 4) is 5.75 Å². The van der Waals surface area contributed by atoms with E-state index >= 15 is 0 Å². The number of hydrogen-bond donors (Lipinski definition) is 1. The smallest absolute Gasteiger partial charge is 0.320 e. The van der Waals surface area contributed by atoms with Crippen molar-refractivity contribution < 1.29 is 14.6 Å². The molecular formula is C18H19ClN2O3. The molecule has 1 fully saturated rings. The number of rotatable bonds is 5. The molecule has 24 heavy (non-hydrogen) atoms. The molecule has 1 aromatic heterocycles. The summed E-state index contributed by atoms with van der Waals surface area (Å²) < 4.78 is 5.51. The number of aromatic nitrogens is 1. The molecule has 2 atom stereocenters. The molecule has 0 amide bonds. The van der Waals surface area contributed by atoms with Crippen LogP contribution in [-0.2, 0) is 4.79 Å². The van der Waals surface area contributed by atoms with Gasteiger partial charge in [-0.25, -0.2) is 0 Å². The van der Waals surface area contributed by atoms with E-state index in [0.717, 1.165) is 17.5 Å². The zero-order valence-corrected chi connectivity index (χ0v) is 14.1. The number of aliphatic carboxylic acids is 1. The second kappa shape index (κ2) is 7.20. The summed E-state index contributed by atoms with van der Waals surface area (Å²) in [6, 6.07) is 8.48. The normalized spacial score (nSPS) is 19.2. The first kappa shape index (κ1) is 16.7. The number of benzene rings is 1. The number of carboxylic acids is 1. The Balaban J connectivity index is 2.13. The molecule has 1 aromatic carbocycles. The van der Waals surface area contributed by atoms with Crippen LogP contribution in [0.1, 0.15) is 30.0 Å². The largest absolute Gasteiger partial charge is 0.496 e. The van der Waals surface area contributed by atoms with E-state index in [9.17, 15) is 9.90 Å². The molecule has 6 heteroatoms. The molecule has 1 saturated heterocycles. The van der Waals surface area contributed by atoms with Crippen molar-refractivity contribution in [3.05, 3.63) is 58.9 Å². The molecule has 1 N–H and O–H groups in total. The van der Waals surface area contributed by atoms with Crippen molar-refractivity contribution in [1.29, 1.82) is 0 Å². The molecule has 126 valence electrons. The second-order valence-electron chi connectivity index (χ2n) is 5.80. The number of methoxy groups -OCH3 is 1. The summed E-state index contributed by atoms with van der Waals surface area (Å²) in [5.41, 5.74) is 1.84. The molecule has 3 rings (SSSR count). The van der Waals surface area contributed by atoms with E-state index in [0.29, 0.717) is 23.7 Å². The van der Waals surface area contributed by atoms with Gasteiger partial charge in [-0.2, -0.15) is 0 Å². The maximum atomic E-state index is 11.7. The molecule has 0 radical (unpaired) electrons. The van der Waals surface area contributed by atoms with Crippen LogP contribution in [0.15, 0.2) is 42.7 Å². The van der Waals surface area contributed by atoms with Gasteiger partial charge in [-0.3, -0.25) is 14.7 Å². The highest BCUT2D eigenvalue weighted by Crippen LogP contribution is 2.39. The molecule has 2 aromatic rings. The van der Waals surface area contributed by atoms with Crippen LogP contribution in [0.25, 0.3) is 0 Å². The van der Waals surface area contributed by atoms with Gasteiger partial charge in [0.1, 0.15) is 11.8 Å². The number of carboxylic acid groups (broad SMARTS) is 1. The predicted molar refractivity (Wildman–Crippen MR) is 91.4 cm³/mol.